The molecule has 0 aliphatic carbocycles. The molecule has 2 aromatic carbocycles. The van der Waals surface area contributed by atoms with Crippen molar-refractivity contribution in [2.24, 2.45) is 0 Å². The first-order valence-electron chi connectivity index (χ1n) is 16.6. The van der Waals surface area contributed by atoms with Crippen molar-refractivity contribution in [3.05, 3.63) is 78.4 Å². The smallest absolute Gasteiger partial charge is 0.264 e. The Morgan fingerprint density at radius 2 is 1.77 bits per heavy atom. The summed E-state index contributed by atoms with van der Waals surface area (Å²) >= 11 is 0. The molecule has 3 aliphatic rings. The van der Waals surface area contributed by atoms with E-state index in [9.17, 15) is 10.1 Å². The predicted octanol–water partition coefficient (Wildman–Crippen LogP) is 4.12. The fourth-order valence-corrected chi connectivity index (χ4v) is 6.97. The summed E-state index contributed by atoms with van der Waals surface area (Å²) in [5, 5.41) is 14.7. The lowest BCUT2D eigenvalue weighted by Crippen LogP contribution is -2.59. The van der Waals surface area contributed by atoms with Crippen LogP contribution in [-0.4, -0.2) is 104 Å². The van der Waals surface area contributed by atoms with Gasteiger partial charge < -0.3 is 20.1 Å². The number of fused-ring (bicyclic) bond motifs is 1. The van der Waals surface area contributed by atoms with E-state index < -0.39 is 5.54 Å². The average molecular weight is 648 g/mol. The number of benzene rings is 2. The number of carbonyl (C=O) groups is 1. The number of likely N-dealkylation sites (tertiary alicyclic amines) is 1. The van der Waals surface area contributed by atoms with Crippen molar-refractivity contribution in [1.82, 2.24) is 34.3 Å². The lowest BCUT2D eigenvalue weighted by atomic mass is 9.94. The van der Waals surface area contributed by atoms with E-state index in [4.69, 9.17) is 20.2 Å². The number of para-hydroxylation sites is 1. The zero-order chi connectivity index (χ0) is 33.3. The molecule has 48 heavy (non-hydrogen) atoms. The van der Waals surface area contributed by atoms with Gasteiger partial charge in [0.2, 0.25) is 0 Å². The van der Waals surface area contributed by atoms with Crippen molar-refractivity contribution in [2.75, 3.05) is 58.2 Å². The van der Waals surface area contributed by atoms with E-state index in [1.807, 2.05) is 60.7 Å². The maximum atomic E-state index is 13.9. The van der Waals surface area contributed by atoms with Crippen LogP contribution in [-0.2, 0) is 9.53 Å². The Labute approximate surface area is 280 Å². The van der Waals surface area contributed by atoms with E-state index in [2.05, 4.69) is 39.8 Å². The topological polar surface area (TPSA) is 138 Å². The molecule has 2 N–H and O–H groups in total. The minimum absolute atomic E-state index is 0.101. The van der Waals surface area contributed by atoms with Gasteiger partial charge in [0.15, 0.2) is 5.82 Å². The summed E-state index contributed by atoms with van der Waals surface area (Å²) in [6.45, 7) is 10.4. The van der Waals surface area contributed by atoms with Gasteiger partial charge in [0.25, 0.3) is 5.91 Å². The van der Waals surface area contributed by atoms with E-state index in [-0.39, 0.29) is 17.4 Å². The number of nitrogen functional groups attached to an aromatic ring is 1. The number of amides is 1. The first-order chi connectivity index (χ1) is 23.3. The molecule has 4 aromatic rings. The fourth-order valence-electron chi connectivity index (χ4n) is 6.97. The summed E-state index contributed by atoms with van der Waals surface area (Å²) < 4.78 is 13.1. The fraction of sp³-hybridized carbons (Fsp3) is 0.417. The number of anilines is 1. The predicted molar refractivity (Wildman–Crippen MR) is 181 cm³/mol. The highest BCUT2D eigenvalue weighted by Crippen LogP contribution is 2.35. The summed E-state index contributed by atoms with van der Waals surface area (Å²) in [5.74, 6) is 2.15. The Balaban J connectivity index is 1.09. The van der Waals surface area contributed by atoms with Gasteiger partial charge in [-0.1, -0.05) is 18.2 Å². The molecule has 0 radical (unpaired) electrons. The standard InChI is InChI=1S/C36H41N9O3/c1-36(2,44-17-15-42(16-18-44)28-22-47-23-28)19-27(20-37)35(46)43-14-6-7-26(21-43)34-41-31(32-33(38)39-24-40-45(32)34)25-10-12-30(13-11-25)48-29-8-4-3-5-9-29/h3-5,8-13,19,24,26,28H,6-7,14-18,21-23H2,1-2H3,(H2,38,39,40)/t26-/m1/s1. The second kappa shape index (κ2) is 13.4. The third-order valence-electron chi connectivity index (χ3n) is 9.78. The molecule has 0 spiro atoms. The Bertz CT molecular complexity index is 1840. The monoisotopic (exact) mass is 647 g/mol. The molecule has 7 rings (SSSR count). The first-order valence-corrected chi connectivity index (χ1v) is 16.6. The van der Waals surface area contributed by atoms with Gasteiger partial charge in [0.05, 0.1) is 19.3 Å². The van der Waals surface area contributed by atoms with Crippen LogP contribution in [0.25, 0.3) is 16.8 Å². The average Bonchev–Trinajstić information content (AvgIpc) is 3.48. The second-order valence-electron chi connectivity index (χ2n) is 13.3. The van der Waals surface area contributed by atoms with Crippen molar-refractivity contribution < 1.29 is 14.3 Å². The minimum atomic E-state index is -0.442. The molecule has 0 saturated carbocycles. The molecular formula is C36H41N9O3. The molecule has 5 heterocycles. The Morgan fingerprint density at radius 3 is 2.46 bits per heavy atom. The lowest BCUT2D eigenvalue weighted by molar-refractivity contribution is -0.128. The highest BCUT2D eigenvalue weighted by atomic mass is 16.5. The molecule has 3 fully saturated rings. The summed E-state index contributed by atoms with van der Waals surface area (Å²) in [6, 6.07) is 20.0. The highest BCUT2D eigenvalue weighted by molar-refractivity contribution is 5.97. The van der Waals surface area contributed by atoms with E-state index >= 15 is 0 Å². The first kappa shape index (κ1) is 31.8. The maximum Gasteiger partial charge on any atom is 0.264 e. The van der Waals surface area contributed by atoms with Gasteiger partial charge in [0.1, 0.15) is 46.5 Å². The van der Waals surface area contributed by atoms with Gasteiger partial charge in [-0.2, -0.15) is 10.4 Å². The Kier molecular flexibility index (Phi) is 8.83. The number of hydrogen-bond donors (Lipinski definition) is 1. The van der Waals surface area contributed by atoms with Gasteiger partial charge >= 0.3 is 0 Å². The zero-order valence-electron chi connectivity index (χ0n) is 27.5. The maximum absolute atomic E-state index is 13.9. The van der Waals surface area contributed by atoms with Crippen LogP contribution in [0.5, 0.6) is 11.5 Å². The Hall–Kier alpha value is -4.83. The van der Waals surface area contributed by atoms with Gasteiger partial charge in [-0.15, -0.1) is 0 Å². The van der Waals surface area contributed by atoms with Gasteiger partial charge in [0, 0.05) is 56.3 Å². The number of nitrogens with two attached hydrogens (primary N) is 1. The quantitative estimate of drug-likeness (QED) is 0.220. The number of aromatic nitrogens is 4. The highest BCUT2D eigenvalue weighted by Gasteiger charge is 2.36. The summed E-state index contributed by atoms with van der Waals surface area (Å²) in [7, 11) is 0. The normalized spacial score (nSPS) is 20.0. The van der Waals surface area contributed by atoms with Crippen LogP contribution in [0.1, 0.15) is 38.4 Å². The molecule has 1 atom stereocenters. The van der Waals surface area contributed by atoms with E-state index in [1.54, 1.807) is 9.42 Å². The van der Waals surface area contributed by atoms with Crippen molar-refractivity contribution in [1.29, 1.82) is 5.26 Å². The van der Waals surface area contributed by atoms with Crippen LogP contribution < -0.4 is 10.5 Å². The molecule has 2 aromatic heterocycles. The van der Waals surface area contributed by atoms with Crippen LogP contribution in [0.2, 0.25) is 0 Å². The SMILES string of the molecule is CC(C)(C=C(C#N)C(=O)N1CCC[C@@H](c2nc(-c3ccc(Oc4ccccc4)cc3)c3c(N)ncnn23)C1)N1CCN(C2COC2)CC1. The number of carbonyl (C=O) groups excluding carboxylic acids is 1. The van der Waals surface area contributed by atoms with E-state index in [0.717, 1.165) is 63.5 Å². The second-order valence-corrected chi connectivity index (χ2v) is 13.3. The number of rotatable bonds is 8. The van der Waals surface area contributed by atoms with Gasteiger partial charge in [-0.25, -0.2) is 14.5 Å². The lowest BCUT2D eigenvalue weighted by Gasteiger charge is -2.46. The van der Waals surface area contributed by atoms with Gasteiger partial charge in [-0.3, -0.25) is 14.6 Å². The number of nitriles is 1. The number of nitrogens with zero attached hydrogens (tertiary/aromatic N) is 8. The number of imidazole rings is 1. The van der Waals surface area contributed by atoms with Gasteiger partial charge in [-0.05, 0) is 69.2 Å². The van der Waals surface area contributed by atoms with Crippen LogP contribution in [0.3, 0.4) is 0 Å². The molecule has 0 bridgehead atoms. The van der Waals surface area contributed by atoms with Crippen LogP contribution >= 0.6 is 0 Å². The van der Waals surface area contributed by atoms with Crippen LogP contribution in [0.15, 0.2) is 72.6 Å². The van der Waals surface area contributed by atoms with Crippen LogP contribution in [0.4, 0.5) is 5.82 Å². The molecule has 248 valence electrons. The Morgan fingerprint density at radius 1 is 1.04 bits per heavy atom. The minimum Gasteiger partial charge on any atom is -0.457 e. The van der Waals surface area contributed by atoms with Crippen molar-refractivity contribution >= 4 is 17.2 Å². The number of piperidine rings is 1. The third kappa shape index (κ3) is 6.36. The van der Waals surface area contributed by atoms with Crippen molar-refractivity contribution in [3.8, 4) is 28.8 Å². The molecule has 12 nitrogen and oxygen atoms in total. The van der Waals surface area contributed by atoms with Crippen molar-refractivity contribution in [3.63, 3.8) is 0 Å². The zero-order valence-corrected chi connectivity index (χ0v) is 27.5. The molecule has 0 unspecified atom stereocenters. The largest absolute Gasteiger partial charge is 0.457 e. The number of ether oxygens (including phenoxy) is 2. The summed E-state index contributed by atoms with van der Waals surface area (Å²) in [5.41, 5.74) is 8.27. The number of piperazine rings is 1. The molecule has 12 heteroatoms. The van der Waals surface area contributed by atoms with Crippen LogP contribution in [0, 0.1) is 11.3 Å². The van der Waals surface area contributed by atoms with E-state index in [0.29, 0.717) is 47.7 Å². The molecular weight excluding hydrogens is 606 g/mol. The molecule has 1 amide bonds. The molecule has 3 aliphatic heterocycles. The summed E-state index contributed by atoms with van der Waals surface area (Å²) in [4.78, 5) is 29.8. The summed E-state index contributed by atoms with van der Waals surface area (Å²) in [6.07, 6.45) is 4.88. The number of hydrogen-bond acceptors (Lipinski definition) is 10. The van der Waals surface area contributed by atoms with E-state index in [1.165, 1.54) is 6.33 Å². The third-order valence-corrected chi connectivity index (χ3v) is 9.78. The van der Waals surface area contributed by atoms with Crippen molar-refractivity contribution in [2.45, 2.75) is 44.2 Å². The molecule has 3 saturated heterocycles.